The molecule has 2 heteroatoms. The Morgan fingerprint density at radius 2 is 1.55 bits per heavy atom. The van der Waals surface area contributed by atoms with E-state index in [-0.39, 0.29) is 5.41 Å². The van der Waals surface area contributed by atoms with Crippen LogP contribution in [0, 0.1) is 13.8 Å². The highest BCUT2D eigenvalue weighted by atomic mass is 32.2. The van der Waals surface area contributed by atoms with Gasteiger partial charge in [0, 0.05) is 33.0 Å². The van der Waals surface area contributed by atoms with Gasteiger partial charge in [0.15, 0.2) is 0 Å². The number of hydrogen-bond donors (Lipinski definition) is 0. The van der Waals surface area contributed by atoms with Crippen molar-refractivity contribution in [2.75, 3.05) is 0 Å². The molecular formula is C36H31NS. The van der Waals surface area contributed by atoms with Crippen molar-refractivity contribution >= 4 is 44.5 Å². The zero-order valence-electron chi connectivity index (χ0n) is 22.4. The van der Waals surface area contributed by atoms with Crippen LogP contribution in [0.25, 0.3) is 32.7 Å². The molecule has 0 radical (unpaired) electrons. The second-order valence-corrected chi connectivity index (χ2v) is 12.3. The zero-order chi connectivity index (χ0) is 26.0. The van der Waals surface area contributed by atoms with Crippen LogP contribution in [0.5, 0.6) is 0 Å². The molecule has 0 amide bonds. The number of pyridine rings is 1. The van der Waals surface area contributed by atoms with Gasteiger partial charge in [-0.1, -0.05) is 97.9 Å². The van der Waals surface area contributed by atoms with Gasteiger partial charge in [0.05, 0.1) is 0 Å². The second kappa shape index (κ2) is 8.71. The van der Waals surface area contributed by atoms with Crippen LogP contribution in [0.4, 0.5) is 0 Å². The molecule has 0 atom stereocenters. The third-order valence-corrected chi connectivity index (χ3v) is 9.85. The van der Waals surface area contributed by atoms with Gasteiger partial charge in [0.2, 0.25) is 0 Å². The number of allylic oxidation sites excluding steroid dienone is 4. The number of aryl methyl sites for hydroxylation is 2. The van der Waals surface area contributed by atoms with Gasteiger partial charge >= 0.3 is 0 Å². The average molecular weight is 510 g/mol. The minimum Gasteiger partial charge on any atom is -0.264 e. The van der Waals surface area contributed by atoms with E-state index in [4.69, 9.17) is 0 Å². The molecule has 186 valence electrons. The Bertz CT molecular complexity index is 1780. The van der Waals surface area contributed by atoms with E-state index in [1.165, 1.54) is 75.9 Å². The quantitative estimate of drug-likeness (QED) is 0.224. The summed E-state index contributed by atoms with van der Waals surface area (Å²) < 4.78 is 0. The number of aromatic nitrogens is 1. The Labute approximate surface area is 229 Å². The molecule has 2 aliphatic carbocycles. The average Bonchev–Trinajstić information content (AvgIpc) is 3.16. The Hall–Kier alpha value is -3.62. The third kappa shape index (κ3) is 3.50. The van der Waals surface area contributed by atoms with E-state index >= 15 is 0 Å². The molecule has 0 N–H and O–H groups in total. The van der Waals surface area contributed by atoms with Crippen molar-refractivity contribution in [2.45, 2.75) is 55.7 Å². The monoisotopic (exact) mass is 509 g/mol. The first-order valence-corrected chi connectivity index (χ1v) is 14.3. The van der Waals surface area contributed by atoms with Crippen LogP contribution in [0.15, 0.2) is 107 Å². The molecule has 1 heterocycles. The number of hydrogen-bond acceptors (Lipinski definition) is 2. The van der Waals surface area contributed by atoms with Crippen molar-refractivity contribution in [1.29, 1.82) is 0 Å². The number of nitrogens with zero attached hydrogens (tertiary/aromatic N) is 1. The molecule has 0 saturated heterocycles. The first-order valence-electron chi connectivity index (χ1n) is 13.5. The molecule has 0 bridgehead atoms. The van der Waals surface area contributed by atoms with Crippen molar-refractivity contribution in [1.82, 2.24) is 4.98 Å². The first-order chi connectivity index (χ1) is 18.4. The maximum Gasteiger partial charge on any atom is 0.0353 e. The van der Waals surface area contributed by atoms with E-state index in [9.17, 15) is 0 Å². The molecule has 7 rings (SSSR count). The number of fused-ring (bicyclic) bond motifs is 4. The van der Waals surface area contributed by atoms with Crippen molar-refractivity contribution < 1.29 is 0 Å². The molecule has 0 saturated carbocycles. The van der Waals surface area contributed by atoms with Crippen molar-refractivity contribution in [2.24, 2.45) is 0 Å². The lowest BCUT2D eigenvalue weighted by atomic mass is 9.77. The maximum absolute atomic E-state index is 4.63. The molecule has 38 heavy (non-hydrogen) atoms. The van der Waals surface area contributed by atoms with Crippen LogP contribution >= 0.6 is 11.8 Å². The van der Waals surface area contributed by atoms with Gasteiger partial charge in [0.25, 0.3) is 0 Å². The van der Waals surface area contributed by atoms with Gasteiger partial charge < -0.3 is 0 Å². The molecule has 1 nitrogen and oxygen atoms in total. The highest BCUT2D eigenvalue weighted by Crippen LogP contribution is 2.53. The SMILES string of the molecule is Cc1ccc(Sc2c3ccccc3c(C3=CC4=C(CC3)c3ccccc3C4(C)C)c3cnccc23)c(C)c1. The Kier molecular flexibility index (Phi) is 5.39. The summed E-state index contributed by atoms with van der Waals surface area (Å²) >= 11 is 1.89. The van der Waals surface area contributed by atoms with E-state index < -0.39 is 0 Å². The third-order valence-electron chi connectivity index (χ3n) is 8.53. The summed E-state index contributed by atoms with van der Waals surface area (Å²) in [5, 5.41) is 5.18. The largest absolute Gasteiger partial charge is 0.264 e. The predicted octanol–water partition coefficient (Wildman–Crippen LogP) is 10.1. The number of rotatable bonds is 3. The van der Waals surface area contributed by atoms with Crippen LogP contribution in [0.1, 0.15) is 54.5 Å². The van der Waals surface area contributed by atoms with E-state index in [1.54, 1.807) is 0 Å². The minimum atomic E-state index is 0.0141. The van der Waals surface area contributed by atoms with Crippen LogP contribution in [0.3, 0.4) is 0 Å². The summed E-state index contributed by atoms with van der Waals surface area (Å²) in [7, 11) is 0. The minimum absolute atomic E-state index is 0.0141. The van der Waals surface area contributed by atoms with Gasteiger partial charge in [0.1, 0.15) is 0 Å². The highest BCUT2D eigenvalue weighted by molar-refractivity contribution is 7.99. The summed E-state index contributed by atoms with van der Waals surface area (Å²) in [5.74, 6) is 0. The molecular weight excluding hydrogens is 478 g/mol. The second-order valence-electron chi connectivity index (χ2n) is 11.3. The van der Waals surface area contributed by atoms with E-state index in [0.717, 1.165) is 12.8 Å². The molecule has 1 aromatic heterocycles. The Morgan fingerprint density at radius 1 is 0.789 bits per heavy atom. The summed E-state index contributed by atoms with van der Waals surface area (Å²) in [4.78, 5) is 7.26. The van der Waals surface area contributed by atoms with Crippen molar-refractivity contribution in [3.05, 3.63) is 125 Å². The van der Waals surface area contributed by atoms with E-state index in [1.807, 2.05) is 18.0 Å². The molecule has 5 aromatic rings. The normalized spacial score (nSPS) is 16.1. The van der Waals surface area contributed by atoms with Gasteiger partial charge in [-0.25, -0.2) is 0 Å². The van der Waals surface area contributed by atoms with Crippen LogP contribution < -0.4 is 0 Å². The lowest BCUT2D eigenvalue weighted by Crippen LogP contribution is -2.17. The Morgan fingerprint density at radius 3 is 2.39 bits per heavy atom. The summed E-state index contributed by atoms with van der Waals surface area (Å²) in [6.45, 7) is 9.15. The van der Waals surface area contributed by atoms with Gasteiger partial charge in [-0.05, 0) is 94.0 Å². The van der Waals surface area contributed by atoms with Crippen LogP contribution in [0.2, 0.25) is 0 Å². The van der Waals surface area contributed by atoms with Gasteiger partial charge in [-0.3, -0.25) is 4.98 Å². The predicted molar refractivity (Wildman–Crippen MR) is 163 cm³/mol. The lowest BCUT2D eigenvalue weighted by molar-refractivity contribution is 0.652. The van der Waals surface area contributed by atoms with Crippen LogP contribution in [-0.4, -0.2) is 4.98 Å². The fraction of sp³-hybridized carbons (Fsp3) is 0.194. The lowest BCUT2D eigenvalue weighted by Gasteiger charge is -2.27. The highest BCUT2D eigenvalue weighted by Gasteiger charge is 2.38. The molecule has 0 fully saturated rings. The number of benzene rings is 4. The molecule has 0 unspecified atom stereocenters. The summed E-state index contributed by atoms with van der Waals surface area (Å²) in [5.41, 5.74) is 11.3. The zero-order valence-corrected chi connectivity index (χ0v) is 23.2. The Balaban J connectivity index is 1.47. The van der Waals surface area contributed by atoms with E-state index in [2.05, 4.69) is 118 Å². The smallest absolute Gasteiger partial charge is 0.0353 e. The molecule has 2 aliphatic rings. The molecule has 0 aliphatic heterocycles. The fourth-order valence-electron chi connectivity index (χ4n) is 6.66. The van der Waals surface area contributed by atoms with Gasteiger partial charge in [-0.15, -0.1) is 0 Å². The van der Waals surface area contributed by atoms with Crippen molar-refractivity contribution in [3.8, 4) is 0 Å². The standard InChI is InChI=1S/C36H31NS/c1-22-13-16-33(23(2)19-22)38-35-28-11-6-5-10-27(28)34(30-21-37-18-17-29(30)35)24-14-15-26-25-9-7-8-12-31(25)36(3,4)32(26)20-24/h5-13,16-21H,14-15H2,1-4H3. The topological polar surface area (TPSA) is 12.9 Å². The first kappa shape index (κ1) is 23.5. The van der Waals surface area contributed by atoms with Gasteiger partial charge in [-0.2, -0.15) is 0 Å². The molecule has 4 aromatic carbocycles. The molecule has 0 spiro atoms. The maximum atomic E-state index is 4.63. The fourth-order valence-corrected chi connectivity index (χ4v) is 7.81. The summed E-state index contributed by atoms with van der Waals surface area (Å²) in [6, 6.07) is 26.9. The van der Waals surface area contributed by atoms with Crippen molar-refractivity contribution in [3.63, 3.8) is 0 Å². The van der Waals surface area contributed by atoms with Crippen LogP contribution in [-0.2, 0) is 5.41 Å². The van der Waals surface area contributed by atoms with E-state index in [0.29, 0.717) is 0 Å². The summed E-state index contributed by atoms with van der Waals surface area (Å²) in [6.07, 6.45) is 8.67.